The lowest BCUT2D eigenvalue weighted by molar-refractivity contribution is -0.221. The van der Waals surface area contributed by atoms with Gasteiger partial charge in [-0.05, 0) is 16.6 Å². The molecule has 0 fully saturated rings. The van der Waals surface area contributed by atoms with Crippen LogP contribution in [-0.4, -0.2) is 35.0 Å². The first-order valence-corrected chi connectivity index (χ1v) is 10.4. The van der Waals surface area contributed by atoms with Crippen LogP contribution in [0.4, 0.5) is 13.2 Å². The molecule has 0 aliphatic rings. The molecule has 0 atom stereocenters. The van der Waals surface area contributed by atoms with Crippen LogP contribution in [0.5, 0.6) is 0 Å². The van der Waals surface area contributed by atoms with Gasteiger partial charge in [0, 0.05) is 13.0 Å². The van der Waals surface area contributed by atoms with Crippen LogP contribution in [0.15, 0.2) is 0 Å². The summed E-state index contributed by atoms with van der Waals surface area (Å²) < 4.78 is 44.3. The molecule has 1 N–H and O–H groups in total. The first-order valence-electron chi connectivity index (χ1n) is 8.23. The largest absolute Gasteiger partial charge is 0.521 e. The summed E-state index contributed by atoms with van der Waals surface area (Å²) in [5, 5.41) is 16.0. The zero-order valence-electron chi connectivity index (χ0n) is 15.2. The van der Waals surface area contributed by atoms with Crippen molar-refractivity contribution in [2.24, 2.45) is 0 Å². The van der Waals surface area contributed by atoms with Crippen molar-refractivity contribution in [3.8, 4) is 0 Å². The van der Waals surface area contributed by atoms with Crippen molar-refractivity contribution < 1.29 is 22.7 Å². The van der Waals surface area contributed by atoms with Gasteiger partial charge in [-0.25, -0.2) is 0 Å². The van der Waals surface area contributed by atoms with Crippen molar-refractivity contribution in [2.45, 2.75) is 77.5 Å². The standard InChI is InChI=1S/C15H28F3N3O2Si/c1-10(2)24(11(3)4,12(5)6)23-8-7-13-14(9-22)20-21(19-13)15(16,17)18/h10-12,22H,7-9H2,1-6H3. The van der Waals surface area contributed by atoms with Crippen molar-refractivity contribution in [3.63, 3.8) is 0 Å². The Bertz CT molecular complexity index is 509. The minimum atomic E-state index is -4.69. The summed E-state index contributed by atoms with van der Waals surface area (Å²) in [4.78, 5) is -0.300. The molecule has 140 valence electrons. The lowest BCUT2D eigenvalue weighted by atomic mass is 10.3. The predicted molar refractivity (Wildman–Crippen MR) is 87.9 cm³/mol. The Kier molecular flexibility index (Phi) is 7.01. The van der Waals surface area contributed by atoms with Crippen LogP contribution in [-0.2, 0) is 23.8 Å². The Morgan fingerprint density at radius 3 is 1.83 bits per heavy atom. The topological polar surface area (TPSA) is 60.2 Å². The van der Waals surface area contributed by atoms with Crippen LogP contribution < -0.4 is 0 Å². The molecule has 1 aromatic rings. The molecular weight excluding hydrogens is 339 g/mol. The third-order valence-corrected chi connectivity index (χ3v) is 10.7. The number of nitrogens with zero attached hydrogens (tertiary/aromatic N) is 3. The predicted octanol–water partition coefficient (Wildman–Crippen LogP) is 3.98. The van der Waals surface area contributed by atoms with E-state index in [0.29, 0.717) is 16.6 Å². The highest BCUT2D eigenvalue weighted by molar-refractivity contribution is 6.77. The second-order valence-electron chi connectivity index (χ2n) is 6.92. The van der Waals surface area contributed by atoms with Crippen LogP contribution in [0.3, 0.4) is 0 Å². The van der Waals surface area contributed by atoms with E-state index in [2.05, 4.69) is 51.7 Å². The molecule has 0 unspecified atom stereocenters. The lowest BCUT2D eigenvalue weighted by Crippen LogP contribution is -2.48. The maximum absolute atomic E-state index is 12.7. The van der Waals surface area contributed by atoms with E-state index in [1.807, 2.05) is 0 Å². The maximum Gasteiger partial charge on any atom is 0.521 e. The van der Waals surface area contributed by atoms with E-state index in [1.165, 1.54) is 0 Å². The van der Waals surface area contributed by atoms with Crippen LogP contribution in [0, 0.1) is 0 Å². The Hall–Kier alpha value is -0.933. The van der Waals surface area contributed by atoms with Gasteiger partial charge < -0.3 is 9.53 Å². The number of alkyl halides is 3. The first-order chi connectivity index (χ1) is 11.0. The summed E-state index contributed by atoms with van der Waals surface area (Å²) >= 11 is 0. The highest BCUT2D eigenvalue weighted by atomic mass is 28.4. The molecule has 5 nitrogen and oxygen atoms in total. The number of hydrogen-bond donors (Lipinski definition) is 1. The van der Waals surface area contributed by atoms with E-state index in [1.54, 1.807) is 0 Å². The molecule has 0 amide bonds. The molecular formula is C15H28F3N3O2Si. The molecule has 0 aromatic carbocycles. The van der Waals surface area contributed by atoms with Gasteiger partial charge in [0.1, 0.15) is 5.69 Å². The summed E-state index contributed by atoms with van der Waals surface area (Å²) in [5.41, 5.74) is 1.25. The zero-order valence-corrected chi connectivity index (χ0v) is 16.2. The fourth-order valence-corrected chi connectivity index (χ4v) is 9.08. The number of halogens is 3. The fraction of sp³-hybridized carbons (Fsp3) is 0.867. The Labute approximate surface area is 142 Å². The average molecular weight is 367 g/mol. The average Bonchev–Trinajstić information content (AvgIpc) is 2.85. The molecule has 1 heterocycles. The summed E-state index contributed by atoms with van der Waals surface area (Å²) in [7, 11) is -2.08. The van der Waals surface area contributed by atoms with Crippen LogP contribution in [0.25, 0.3) is 0 Å². The molecule has 0 spiro atoms. The van der Waals surface area contributed by atoms with Crippen LogP contribution in [0.1, 0.15) is 52.9 Å². The Morgan fingerprint density at radius 1 is 1.00 bits per heavy atom. The van der Waals surface area contributed by atoms with Crippen molar-refractivity contribution in [3.05, 3.63) is 11.4 Å². The SMILES string of the molecule is CC(C)[Si](OCCc1nn(C(F)(F)F)nc1CO)(C(C)C)C(C)C. The quantitative estimate of drug-likeness (QED) is 0.706. The van der Waals surface area contributed by atoms with Gasteiger partial charge in [0.25, 0.3) is 0 Å². The molecule has 1 rings (SSSR count). The van der Waals surface area contributed by atoms with Gasteiger partial charge in [0.05, 0.1) is 12.3 Å². The van der Waals surface area contributed by atoms with E-state index in [0.717, 1.165) is 0 Å². The Balaban J connectivity index is 2.91. The van der Waals surface area contributed by atoms with E-state index in [4.69, 9.17) is 4.43 Å². The molecule has 24 heavy (non-hydrogen) atoms. The number of aliphatic hydroxyl groups is 1. The van der Waals surface area contributed by atoms with Gasteiger partial charge in [-0.1, -0.05) is 46.3 Å². The van der Waals surface area contributed by atoms with Crippen LogP contribution >= 0.6 is 0 Å². The summed E-state index contributed by atoms with van der Waals surface area (Å²) in [6.45, 7) is 12.6. The summed E-state index contributed by atoms with van der Waals surface area (Å²) in [6.07, 6.45) is -4.48. The van der Waals surface area contributed by atoms with Crippen LogP contribution in [0.2, 0.25) is 16.6 Å². The normalized spacial score (nSPS) is 13.5. The van der Waals surface area contributed by atoms with Crippen molar-refractivity contribution >= 4 is 8.32 Å². The molecule has 1 aromatic heterocycles. The third kappa shape index (κ3) is 4.37. The molecule has 0 aliphatic heterocycles. The molecule has 0 bridgehead atoms. The van der Waals surface area contributed by atoms with Gasteiger partial charge in [0.2, 0.25) is 0 Å². The summed E-state index contributed by atoms with van der Waals surface area (Å²) in [6, 6.07) is 0. The molecule has 0 radical (unpaired) electrons. The second kappa shape index (κ2) is 7.96. The molecule has 0 saturated carbocycles. The molecule has 0 aliphatic carbocycles. The van der Waals surface area contributed by atoms with Crippen molar-refractivity contribution in [1.82, 2.24) is 15.0 Å². The highest BCUT2D eigenvalue weighted by Gasteiger charge is 2.45. The van der Waals surface area contributed by atoms with Crippen molar-refractivity contribution in [2.75, 3.05) is 6.61 Å². The lowest BCUT2D eigenvalue weighted by Gasteiger charge is -2.42. The first kappa shape index (κ1) is 21.1. The van der Waals surface area contributed by atoms with Gasteiger partial charge >= 0.3 is 6.30 Å². The fourth-order valence-electron chi connectivity index (χ4n) is 3.62. The number of aliphatic hydroxyl groups excluding tert-OH is 1. The minimum Gasteiger partial charge on any atom is -0.416 e. The van der Waals surface area contributed by atoms with E-state index in [-0.39, 0.29) is 29.2 Å². The monoisotopic (exact) mass is 367 g/mol. The van der Waals surface area contributed by atoms with E-state index in [9.17, 15) is 18.3 Å². The van der Waals surface area contributed by atoms with Gasteiger partial charge in [-0.3, -0.25) is 0 Å². The minimum absolute atomic E-state index is 0.0539. The zero-order chi connectivity index (χ0) is 18.7. The molecule has 9 heteroatoms. The maximum atomic E-state index is 12.7. The van der Waals surface area contributed by atoms with E-state index < -0.39 is 21.2 Å². The van der Waals surface area contributed by atoms with E-state index >= 15 is 0 Å². The smallest absolute Gasteiger partial charge is 0.416 e. The second-order valence-corrected chi connectivity index (χ2v) is 12.4. The highest BCUT2D eigenvalue weighted by Crippen LogP contribution is 2.42. The van der Waals surface area contributed by atoms with Crippen molar-refractivity contribution in [1.29, 1.82) is 0 Å². The number of hydrogen-bond acceptors (Lipinski definition) is 4. The number of aromatic nitrogens is 3. The summed E-state index contributed by atoms with van der Waals surface area (Å²) in [5.74, 6) is 0. The number of rotatable bonds is 8. The molecule has 0 saturated heterocycles. The van der Waals surface area contributed by atoms with Gasteiger partial charge in [-0.2, -0.15) is 0 Å². The van der Waals surface area contributed by atoms with Gasteiger partial charge in [0.15, 0.2) is 8.32 Å². The third-order valence-electron chi connectivity index (χ3n) is 4.54. The van der Waals surface area contributed by atoms with Gasteiger partial charge in [-0.15, -0.1) is 23.4 Å². The Morgan fingerprint density at radius 2 is 1.46 bits per heavy atom.